The first-order valence-corrected chi connectivity index (χ1v) is 9.40. The number of hydrogen-bond acceptors (Lipinski definition) is 4. The third-order valence-electron chi connectivity index (χ3n) is 4.77. The van der Waals surface area contributed by atoms with E-state index in [1.54, 1.807) is 13.0 Å². The van der Waals surface area contributed by atoms with Gasteiger partial charge < -0.3 is 5.32 Å². The van der Waals surface area contributed by atoms with Gasteiger partial charge in [-0.15, -0.1) is 0 Å². The van der Waals surface area contributed by atoms with Gasteiger partial charge in [-0.3, -0.25) is 9.59 Å². The molecule has 2 aromatic carbocycles. The average Bonchev–Trinajstić information content (AvgIpc) is 3.19. The second-order valence-electron chi connectivity index (χ2n) is 6.90. The van der Waals surface area contributed by atoms with E-state index in [0.717, 1.165) is 11.1 Å². The number of amides is 1. The molecule has 0 saturated heterocycles. The third kappa shape index (κ3) is 3.80. The van der Waals surface area contributed by atoms with E-state index < -0.39 is 0 Å². The Labute approximate surface area is 167 Å². The predicted octanol–water partition coefficient (Wildman–Crippen LogP) is 2.74. The second kappa shape index (κ2) is 7.71. The number of hydrogen-bond donors (Lipinski definition) is 1. The van der Waals surface area contributed by atoms with Crippen molar-refractivity contribution in [2.24, 2.45) is 0 Å². The lowest BCUT2D eigenvalue weighted by Crippen LogP contribution is -2.36. The molecule has 7 nitrogen and oxygen atoms in total. The molecular formula is C22H21N5O2. The Morgan fingerprint density at radius 2 is 1.69 bits per heavy atom. The molecule has 0 aliphatic rings. The maximum absolute atomic E-state index is 12.9. The molecule has 4 aromatic rings. The van der Waals surface area contributed by atoms with Gasteiger partial charge in [-0.05, 0) is 25.5 Å². The smallest absolute Gasteiger partial charge is 0.293 e. The fourth-order valence-corrected chi connectivity index (χ4v) is 3.28. The number of nitrogens with one attached hydrogen (secondary N) is 1. The number of carbonyl (C=O) groups is 1. The molecule has 1 N–H and O–H groups in total. The summed E-state index contributed by atoms with van der Waals surface area (Å²) in [5.74, 6) is 0.258. The van der Waals surface area contributed by atoms with Gasteiger partial charge >= 0.3 is 0 Å². The van der Waals surface area contributed by atoms with Gasteiger partial charge in [0.05, 0.1) is 11.7 Å². The minimum Gasteiger partial charge on any atom is -0.348 e. The largest absolute Gasteiger partial charge is 0.348 e. The fraction of sp³-hybridized carbons (Fsp3) is 0.182. The molecule has 1 unspecified atom stereocenters. The van der Waals surface area contributed by atoms with Crippen molar-refractivity contribution in [3.63, 3.8) is 0 Å². The van der Waals surface area contributed by atoms with E-state index in [0.29, 0.717) is 17.0 Å². The Hall–Kier alpha value is -3.74. The number of carbonyl (C=O) groups excluding carboxylic acids is 1. The zero-order valence-corrected chi connectivity index (χ0v) is 16.2. The number of nitrogens with zero attached hydrogens (tertiary/aromatic N) is 4. The van der Waals surface area contributed by atoms with Crippen LogP contribution in [0.15, 0.2) is 71.5 Å². The van der Waals surface area contributed by atoms with Crippen LogP contribution in [0.1, 0.15) is 24.4 Å². The summed E-state index contributed by atoms with van der Waals surface area (Å²) in [6, 6.07) is 20.9. The molecule has 0 bridgehead atoms. The number of aromatic nitrogens is 4. The molecule has 0 radical (unpaired) electrons. The lowest BCUT2D eigenvalue weighted by Gasteiger charge is -2.14. The van der Waals surface area contributed by atoms with Crippen LogP contribution >= 0.6 is 0 Å². The Bertz CT molecular complexity index is 1210. The molecular weight excluding hydrogens is 366 g/mol. The first-order valence-electron chi connectivity index (χ1n) is 9.40. The number of rotatable bonds is 5. The SMILES string of the molecule is Cc1nn(CC(=O)NC(C)c2ccccc2)c(=O)c2cc(-c3ccccc3)nn12. The lowest BCUT2D eigenvalue weighted by atomic mass is 10.1. The summed E-state index contributed by atoms with van der Waals surface area (Å²) in [6.07, 6.45) is 0. The Morgan fingerprint density at radius 3 is 2.38 bits per heavy atom. The van der Waals surface area contributed by atoms with Gasteiger partial charge in [0.25, 0.3) is 5.56 Å². The molecule has 1 amide bonds. The van der Waals surface area contributed by atoms with Crippen LogP contribution in [0, 0.1) is 6.92 Å². The van der Waals surface area contributed by atoms with Crippen molar-refractivity contribution < 1.29 is 4.79 Å². The summed E-state index contributed by atoms with van der Waals surface area (Å²) in [5, 5.41) is 11.7. The average molecular weight is 387 g/mol. The maximum atomic E-state index is 12.9. The minimum atomic E-state index is -0.354. The zero-order chi connectivity index (χ0) is 20.4. The summed E-state index contributed by atoms with van der Waals surface area (Å²) in [4.78, 5) is 25.4. The second-order valence-corrected chi connectivity index (χ2v) is 6.90. The van der Waals surface area contributed by atoms with E-state index in [2.05, 4.69) is 15.5 Å². The van der Waals surface area contributed by atoms with Crippen molar-refractivity contribution >= 4 is 11.4 Å². The summed E-state index contributed by atoms with van der Waals surface area (Å²) < 4.78 is 2.71. The fourth-order valence-electron chi connectivity index (χ4n) is 3.28. The van der Waals surface area contributed by atoms with Crippen molar-refractivity contribution in [1.82, 2.24) is 24.7 Å². The Morgan fingerprint density at radius 1 is 1.03 bits per heavy atom. The van der Waals surface area contributed by atoms with Crippen molar-refractivity contribution in [2.75, 3.05) is 0 Å². The van der Waals surface area contributed by atoms with Crippen molar-refractivity contribution in [3.05, 3.63) is 88.5 Å². The van der Waals surface area contributed by atoms with Crippen LogP contribution in [0.5, 0.6) is 0 Å². The molecule has 7 heteroatoms. The first-order chi connectivity index (χ1) is 14.0. The van der Waals surface area contributed by atoms with Gasteiger partial charge in [0, 0.05) is 5.56 Å². The summed E-state index contributed by atoms with van der Waals surface area (Å²) in [7, 11) is 0. The van der Waals surface area contributed by atoms with Crippen molar-refractivity contribution in [2.45, 2.75) is 26.4 Å². The van der Waals surface area contributed by atoms with Gasteiger partial charge in [0.2, 0.25) is 5.91 Å². The van der Waals surface area contributed by atoms with Crippen LogP contribution in [-0.2, 0) is 11.3 Å². The van der Waals surface area contributed by atoms with Gasteiger partial charge in [-0.2, -0.15) is 10.2 Å². The maximum Gasteiger partial charge on any atom is 0.293 e. The van der Waals surface area contributed by atoms with E-state index in [-0.39, 0.29) is 24.1 Å². The monoisotopic (exact) mass is 387 g/mol. The number of benzene rings is 2. The standard InChI is InChI=1S/C22H21N5O2/c1-15(17-9-5-3-6-10-17)23-21(28)14-26-22(29)20-13-19(18-11-7-4-8-12-18)25-27(20)16(2)24-26/h3-13,15H,14H2,1-2H3,(H,23,28). The van der Waals surface area contributed by atoms with Crippen LogP contribution in [0.4, 0.5) is 0 Å². The summed E-state index contributed by atoms with van der Waals surface area (Å²) >= 11 is 0. The highest BCUT2D eigenvalue weighted by atomic mass is 16.2. The highest BCUT2D eigenvalue weighted by Crippen LogP contribution is 2.18. The van der Waals surface area contributed by atoms with Gasteiger partial charge in [0.15, 0.2) is 0 Å². The summed E-state index contributed by atoms with van der Waals surface area (Å²) in [6.45, 7) is 3.51. The molecule has 2 heterocycles. The van der Waals surface area contributed by atoms with Gasteiger partial charge in [-0.1, -0.05) is 60.7 Å². The van der Waals surface area contributed by atoms with E-state index >= 15 is 0 Å². The van der Waals surface area contributed by atoms with Crippen LogP contribution in [0.3, 0.4) is 0 Å². The van der Waals surface area contributed by atoms with Gasteiger partial charge in [0.1, 0.15) is 17.9 Å². The third-order valence-corrected chi connectivity index (χ3v) is 4.77. The van der Waals surface area contributed by atoms with E-state index in [1.807, 2.05) is 67.6 Å². The van der Waals surface area contributed by atoms with E-state index in [4.69, 9.17) is 0 Å². The molecule has 29 heavy (non-hydrogen) atoms. The predicted molar refractivity (Wildman–Crippen MR) is 110 cm³/mol. The summed E-state index contributed by atoms with van der Waals surface area (Å²) in [5.41, 5.74) is 2.63. The highest BCUT2D eigenvalue weighted by molar-refractivity contribution is 5.76. The van der Waals surface area contributed by atoms with Crippen LogP contribution in [0.2, 0.25) is 0 Å². The first kappa shape index (κ1) is 18.6. The van der Waals surface area contributed by atoms with Crippen LogP contribution in [0.25, 0.3) is 16.8 Å². The van der Waals surface area contributed by atoms with E-state index in [1.165, 1.54) is 9.20 Å². The van der Waals surface area contributed by atoms with Crippen molar-refractivity contribution in [1.29, 1.82) is 0 Å². The normalized spacial score (nSPS) is 12.1. The Balaban J connectivity index is 1.60. The molecule has 0 spiro atoms. The number of fused-ring (bicyclic) bond motifs is 1. The van der Waals surface area contributed by atoms with Crippen LogP contribution < -0.4 is 10.9 Å². The molecule has 0 saturated carbocycles. The van der Waals surface area contributed by atoms with Crippen molar-refractivity contribution in [3.8, 4) is 11.3 Å². The quantitative estimate of drug-likeness (QED) is 0.571. The molecule has 0 fully saturated rings. The molecule has 0 aliphatic carbocycles. The molecule has 1 atom stereocenters. The Kier molecular flexibility index (Phi) is 4.95. The molecule has 2 aromatic heterocycles. The molecule has 4 rings (SSSR count). The topological polar surface area (TPSA) is 81.3 Å². The van der Waals surface area contributed by atoms with Crippen LogP contribution in [-0.4, -0.2) is 25.3 Å². The number of aryl methyl sites for hydroxylation is 1. The molecule has 0 aliphatic heterocycles. The minimum absolute atomic E-state index is 0.154. The highest BCUT2D eigenvalue weighted by Gasteiger charge is 2.16. The van der Waals surface area contributed by atoms with E-state index in [9.17, 15) is 9.59 Å². The zero-order valence-electron chi connectivity index (χ0n) is 16.2. The molecule has 146 valence electrons. The lowest BCUT2D eigenvalue weighted by molar-refractivity contribution is -0.122. The van der Waals surface area contributed by atoms with Gasteiger partial charge in [-0.25, -0.2) is 9.20 Å².